The Labute approximate surface area is 111 Å². The number of hydrogen-bond donors (Lipinski definition) is 0. The van der Waals surface area contributed by atoms with Gasteiger partial charge in [0.15, 0.2) is 11.6 Å². The second-order valence-electron chi connectivity index (χ2n) is 3.96. The highest BCUT2D eigenvalue weighted by Crippen LogP contribution is 2.28. The molecule has 96 valence electrons. The Morgan fingerprint density at radius 2 is 1.95 bits per heavy atom. The van der Waals surface area contributed by atoms with Gasteiger partial charge in [0.05, 0.1) is 4.88 Å². The molecule has 2 aromatic heterocycles. The van der Waals surface area contributed by atoms with Crippen LogP contribution in [0.1, 0.15) is 4.88 Å². The SMILES string of the molecule is Cc1ccc(-c2noc(-c3ccc(F)c(F)c3)n2)s1. The molecule has 0 aliphatic carbocycles. The molecular formula is C13H8F2N2OS. The van der Waals surface area contributed by atoms with Crippen molar-refractivity contribution in [3.05, 3.63) is 46.8 Å². The van der Waals surface area contributed by atoms with Crippen LogP contribution in [-0.4, -0.2) is 10.1 Å². The normalized spacial score (nSPS) is 10.9. The zero-order valence-corrected chi connectivity index (χ0v) is 10.7. The number of benzene rings is 1. The molecule has 0 saturated carbocycles. The van der Waals surface area contributed by atoms with Gasteiger partial charge in [0.1, 0.15) is 0 Å². The third-order valence-corrected chi connectivity index (χ3v) is 3.55. The summed E-state index contributed by atoms with van der Waals surface area (Å²) in [6, 6.07) is 7.30. The van der Waals surface area contributed by atoms with Crippen LogP contribution >= 0.6 is 11.3 Å². The summed E-state index contributed by atoms with van der Waals surface area (Å²) in [7, 11) is 0. The maximum atomic E-state index is 13.1. The van der Waals surface area contributed by atoms with Crippen LogP contribution in [0.4, 0.5) is 8.78 Å². The molecule has 0 aliphatic rings. The van der Waals surface area contributed by atoms with E-state index in [0.717, 1.165) is 21.9 Å². The first-order chi connectivity index (χ1) is 9.13. The molecule has 6 heteroatoms. The van der Waals surface area contributed by atoms with Gasteiger partial charge in [0, 0.05) is 10.4 Å². The minimum Gasteiger partial charge on any atom is -0.334 e. The summed E-state index contributed by atoms with van der Waals surface area (Å²) in [6.07, 6.45) is 0. The van der Waals surface area contributed by atoms with Crippen molar-refractivity contribution in [2.24, 2.45) is 0 Å². The third kappa shape index (κ3) is 2.26. The van der Waals surface area contributed by atoms with Gasteiger partial charge in [0.2, 0.25) is 5.82 Å². The molecule has 0 unspecified atom stereocenters. The summed E-state index contributed by atoms with van der Waals surface area (Å²) in [5.74, 6) is -1.24. The average Bonchev–Trinajstić information content (AvgIpc) is 3.01. The lowest BCUT2D eigenvalue weighted by Crippen LogP contribution is -1.85. The van der Waals surface area contributed by atoms with Crippen molar-refractivity contribution in [2.75, 3.05) is 0 Å². The highest BCUT2D eigenvalue weighted by atomic mass is 32.1. The van der Waals surface area contributed by atoms with Crippen molar-refractivity contribution < 1.29 is 13.3 Å². The van der Waals surface area contributed by atoms with Crippen LogP contribution in [0.25, 0.3) is 22.2 Å². The molecular weight excluding hydrogens is 270 g/mol. The molecule has 3 rings (SSSR count). The Bertz CT molecular complexity index is 736. The predicted molar refractivity (Wildman–Crippen MR) is 67.7 cm³/mol. The zero-order chi connectivity index (χ0) is 13.4. The molecule has 2 heterocycles. The van der Waals surface area contributed by atoms with Crippen LogP contribution in [0.3, 0.4) is 0 Å². The first-order valence-corrected chi connectivity index (χ1v) is 6.31. The lowest BCUT2D eigenvalue weighted by molar-refractivity contribution is 0.431. The highest BCUT2D eigenvalue weighted by Gasteiger charge is 2.13. The maximum absolute atomic E-state index is 13.1. The molecule has 3 nitrogen and oxygen atoms in total. The van der Waals surface area contributed by atoms with Gasteiger partial charge in [-0.3, -0.25) is 0 Å². The second-order valence-corrected chi connectivity index (χ2v) is 5.25. The fourth-order valence-electron chi connectivity index (χ4n) is 1.62. The van der Waals surface area contributed by atoms with Crippen molar-refractivity contribution >= 4 is 11.3 Å². The largest absolute Gasteiger partial charge is 0.334 e. The van der Waals surface area contributed by atoms with E-state index >= 15 is 0 Å². The van der Waals surface area contributed by atoms with E-state index in [1.807, 2.05) is 19.1 Å². The highest BCUT2D eigenvalue weighted by molar-refractivity contribution is 7.15. The van der Waals surface area contributed by atoms with Crippen molar-refractivity contribution in [1.29, 1.82) is 0 Å². The van der Waals surface area contributed by atoms with Crippen molar-refractivity contribution in [3.8, 4) is 22.2 Å². The minimum absolute atomic E-state index is 0.167. The summed E-state index contributed by atoms with van der Waals surface area (Å²) in [5, 5.41) is 3.84. The number of aryl methyl sites for hydroxylation is 1. The van der Waals surface area contributed by atoms with E-state index in [1.165, 1.54) is 17.4 Å². The smallest absolute Gasteiger partial charge is 0.258 e. The van der Waals surface area contributed by atoms with Crippen molar-refractivity contribution in [3.63, 3.8) is 0 Å². The summed E-state index contributed by atoms with van der Waals surface area (Å²) < 4.78 is 31.0. The molecule has 0 atom stereocenters. The topological polar surface area (TPSA) is 38.9 Å². The molecule has 3 aromatic rings. The summed E-state index contributed by atoms with van der Waals surface area (Å²) in [4.78, 5) is 6.18. The zero-order valence-electron chi connectivity index (χ0n) is 9.85. The molecule has 0 spiro atoms. The quantitative estimate of drug-likeness (QED) is 0.709. The van der Waals surface area contributed by atoms with Gasteiger partial charge < -0.3 is 4.52 Å². The van der Waals surface area contributed by atoms with Crippen LogP contribution in [-0.2, 0) is 0 Å². The van der Waals surface area contributed by atoms with E-state index < -0.39 is 11.6 Å². The molecule has 1 aromatic carbocycles. The summed E-state index contributed by atoms with van der Waals surface area (Å²) in [5.41, 5.74) is 0.353. The number of nitrogens with zero attached hydrogens (tertiary/aromatic N) is 2. The van der Waals surface area contributed by atoms with Gasteiger partial charge >= 0.3 is 0 Å². The van der Waals surface area contributed by atoms with Crippen LogP contribution in [0.5, 0.6) is 0 Å². The molecule has 0 radical (unpaired) electrons. The fourth-order valence-corrected chi connectivity index (χ4v) is 2.42. The van der Waals surface area contributed by atoms with Crippen molar-refractivity contribution in [1.82, 2.24) is 10.1 Å². The lowest BCUT2D eigenvalue weighted by atomic mass is 10.2. The van der Waals surface area contributed by atoms with E-state index in [4.69, 9.17) is 4.52 Å². The third-order valence-electron chi connectivity index (χ3n) is 2.55. The minimum atomic E-state index is -0.941. The predicted octanol–water partition coefficient (Wildman–Crippen LogP) is 4.05. The average molecular weight is 278 g/mol. The monoisotopic (exact) mass is 278 g/mol. The van der Waals surface area contributed by atoms with E-state index in [2.05, 4.69) is 10.1 Å². The standard InChI is InChI=1S/C13H8F2N2OS/c1-7-2-5-11(19-7)12-16-13(18-17-12)8-3-4-9(14)10(15)6-8/h2-6H,1H3. The van der Waals surface area contributed by atoms with Crippen LogP contribution in [0.15, 0.2) is 34.9 Å². The lowest BCUT2D eigenvalue weighted by Gasteiger charge is -1.95. The van der Waals surface area contributed by atoms with Gasteiger partial charge in [-0.05, 0) is 37.3 Å². The van der Waals surface area contributed by atoms with Gasteiger partial charge in [-0.1, -0.05) is 5.16 Å². The Balaban J connectivity index is 1.98. The van der Waals surface area contributed by atoms with Gasteiger partial charge in [-0.15, -0.1) is 11.3 Å². The van der Waals surface area contributed by atoms with Crippen LogP contribution in [0, 0.1) is 18.6 Å². The van der Waals surface area contributed by atoms with E-state index in [1.54, 1.807) is 0 Å². The van der Waals surface area contributed by atoms with Crippen LogP contribution < -0.4 is 0 Å². The van der Waals surface area contributed by atoms with Crippen LogP contribution in [0.2, 0.25) is 0 Å². The summed E-state index contributed by atoms with van der Waals surface area (Å²) >= 11 is 1.54. The molecule has 0 saturated heterocycles. The molecule has 19 heavy (non-hydrogen) atoms. The first kappa shape index (κ1) is 12.0. The molecule has 0 amide bonds. The van der Waals surface area contributed by atoms with Gasteiger partial charge in [-0.2, -0.15) is 4.98 Å². The van der Waals surface area contributed by atoms with Crippen molar-refractivity contribution in [2.45, 2.75) is 6.92 Å². The molecule has 0 bridgehead atoms. The van der Waals surface area contributed by atoms with E-state index in [-0.39, 0.29) is 5.89 Å². The molecule has 0 fully saturated rings. The first-order valence-electron chi connectivity index (χ1n) is 5.49. The Hall–Kier alpha value is -2.08. The maximum Gasteiger partial charge on any atom is 0.258 e. The second kappa shape index (κ2) is 4.55. The molecule has 0 aliphatic heterocycles. The number of aromatic nitrogens is 2. The number of halogens is 2. The van der Waals surface area contributed by atoms with E-state index in [0.29, 0.717) is 11.4 Å². The summed E-state index contributed by atoms with van der Waals surface area (Å²) in [6.45, 7) is 1.98. The number of hydrogen-bond acceptors (Lipinski definition) is 4. The van der Waals surface area contributed by atoms with E-state index in [9.17, 15) is 8.78 Å². The number of rotatable bonds is 2. The van der Waals surface area contributed by atoms with Gasteiger partial charge in [0.25, 0.3) is 5.89 Å². The molecule has 0 N–H and O–H groups in total. The number of thiophene rings is 1. The Morgan fingerprint density at radius 3 is 2.63 bits per heavy atom. The fraction of sp³-hybridized carbons (Fsp3) is 0.0769. The van der Waals surface area contributed by atoms with Gasteiger partial charge in [-0.25, -0.2) is 8.78 Å². The Kier molecular flexibility index (Phi) is 2.87. The Morgan fingerprint density at radius 1 is 1.11 bits per heavy atom.